The maximum absolute atomic E-state index is 12.9. The monoisotopic (exact) mass is 367 g/mol. The van der Waals surface area contributed by atoms with E-state index in [1.54, 1.807) is 9.42 Å². The lowest BCUT2D eigenvalue weighted by Gasteiger charge is -2.22. The Balaban J connectivity index is 1.59. The average molecular weight is 367 g/mol. The molecule has 8 nitrogen and oxygen atoms in total. The second-order valence-electron chi connectivity index (χ2n) is 6.48. The molecule has 1 aromatic carbocycles. The van der Waals surface area contributed by atoms with E-state index in [0.29, 0.717) is 37.8 Å². The van der Waals surface area contributed by atoms with Crippen molar-refractivity contribution in [2.24, 2.45) is 0 Å². The van der Waals surface area contributed by atoms with Gasteiger partial charge in [-0.3, -0.25) is 4.79 Å². The number of hydrogen-bond donors (Lipinski definition) is 0. The van der Waals surface area contributed by atoms with Crippen LogP contribution < -0.4 is 9.47 Å². The van der Waals surface area contributed by atoms with Gasteiger partial charge in [-0.15, -0.1) is 5.10 Å². The van der Waals surface area contributed by atoms with E-state index >= 15 is 0 Å². The predicted octanol–water partition coefficient (Wildman–Crippen LogP) is 2.17. The molecule has 1 aliphatic heterocycles. The molecule has 1 aliphatic rings. The SMILES string of the molecule is CCN(Cc1ccc2c(c1)OCCO2)C(=O)c1nc2nc(C)cc(C)n2n1. The van der Waals surface area contributed by atoms with Crippen LogP contribution in [0.2, 0.25) is 0 Å². The van der Waals surface area contributed by atoms with Crippen molar-refractivity contribution < 1.29 is 14.3 Å². The van der Waals surface area contributed by atoms with Gasteiger partial charge in [0.15, 0.2) is 11.5 Å². The van der Waals surface area contributed by atoms with Gasteiger partial charge in [-0.05, 0) is 44.5 Å². The number of aromatic nitrogens is 4. The second-order valence-corrected chi connectivity index (χ2v) is 6.48. The normalized spacial score (nSPS) is 13.0. The van der Waals surface area contributed by atoms with Crippen LogP contribution in [0, 0.1) is 13.8 Å². The molecule has 1 amide bonds. The summed E-state index contributed by atoms with van der Waals surface area (Å²) in [7, 11) is 0. The van der Waals surface area contributed by atoms with E-state index in [1.807, 2.05) is 45.0 Å². The molecule has 0 N–H and O–H groups in total. The van der Waals surface area contributed by atoms with Crippen molar-refractivity contribution in [2.45, 2.75) is 27.3 Å². The zero-order chi connectivity index (χ0) is 19.0. The lowest BCUT2D eigenvalue weighted by molar-refractivity contribution is 0.0740. The van der Waals surface area contributed by atoms with Gasteiger partial charge in [0.1, 0.15) is 13.2 Å². The highest BCUT2D eigenvalue weighted by Gasteiger charge is 2.21. The van der Waals surface area contributed by atoms with Gasteiger partial charge in [0.25, 0.3) is 11.7 Å². The van der Waals surface area contributed by atoms with E-state index in [9.17, 15) is 4.79 Å². The maximum atomic E-state index is 12.9. The van der Waals surface area contributed by atoms with Gasteiger partial charge in [0.05, 0.1) is 0 Å². The summed E-state index contributed by atoms with van der Waals surface area (Å²) in [6.07, 6.45) is 0. The average Bonchev–Trinajstić information content (AvgIpc) is 3.10. The molecule has 8 heteroatoms. The quantitative estimate of drug-likeness (QED) is 0.703. The van der Waals surface area contributed by atoms with Crippen LogP contribution in [-0.2, 0) is 6.54 Å². The van der Waals surface area contributed by atoms with E-state index in [4.69, 9.17) is 9.47 Å². The summed E-state index contributed by atoms with van der Waals surface area (Å²) >= 11 is 0. The van der Waals surface area contributed by atoms with Crippen molar-refractivity contribution in [2.75, 3.05) is 19.8 Å². The summed E-state index contributed by atoms with van der Waals surface area (Å²) < 4.78 is 12.8. The standard InChI is InChI=1S/C19H21N5O3/c1-4-23(11-14-5-6-15-16(10-14)27-8-7-26-15)18(25)17-21-19-20-12(2)9-13(3)24(19)22-17/h5-6,9-10H,4,7-8,11H2,1-3H3. The van der Waals surface area contributed by atoms with Crippen molar-refractivity contribution in [3.8, 4) is 11.5 Å². The summed E-state index contributed by atoms with van der Waals surface area (Å²) in [5.41, 5.74) is 2.69. The Kier molecular flexibility index (Phi) is 4.39. The van der Waals surface area contributed by atoms with E-state index < -0.39 is 0 Å². The smallest absolute Gasteiger partial charge is 0.293 e. The van der Waals surface area contributed by atoms with Crippen LogP contribution in [0.15, 0.2) is 24.3 Å². The van der Waals surface area contributed by atoms with Crippen LogP contribution in [0.4, 0.5) is 0 Å². The van der Waals surface area contributed by atoms with Crippen LogP contribution in [0.1, 0.15) is 34.5 Å². The van der Waals surface area contributed by atoms with Gasteiger partial charge in [0, 0.05) is 24.5 Å². The number of benzene rings is 1. The fraction of sp³-hybridized carbons (Fsp3) is 0.368. The number of nitrogens with zero attached hydrogens (tertiary/aromatic N) is 5. The van der Waals surface area contributed by atoms with Gasteiger partial charge < -0.3 is 14.4 Å². The first-order chi connectivity index (χ1) is 13.0. The molecule has 0 bridgehead atoms. The molecular formula is C19H21N5O3. The van der Waals surface area contributed by atoms with Gasteiger partial charge in [-0.1, -0.05) is 6.07 Å². The molecule has 3 aromatic rings. The molecule has 27 heavy (non-hydrogen) atoms. The van der Waals surface area contributed by atoms with E-state index in [0.717, 1.165) is 22.7 Å². The number of amides is 1. The molecule has 0 saturated carbocycles. The number of carbonyl (C=O) groups excluding carboxylic acids is 1. The van der Waals surface area contributed by atoms with Crippen molar-refractivity contribution in [1.82, 2.24) is 24.5 Å². The van der Waals surface area contributed by atoms with Crippen molar-refractivity contribution >= 4 is 11.7 Å². The molecule has 0 unspecified atom stereocenters. The van der Waals surface area contributed by atoms with Crippen LogP contribution in [0.3, 0.4) is 0 Å². The number of hydrogen-bond acceptors (Lipinski definition) is 6. The summed E-state index contributed by atoms with van der Waals surface area (Å²) in [4.78, 5) is 23.3. The predicted molar refractivity (Wildman–Crippen MR) is 98.1 cm³/mol. The van der Waals surface area contributed by atoms with E-state index in [1.165, 1.54) is 0 Å². The second kappa shape index (κ2) is 6.86. The lowest BCUT2D eigenvalue weighted by Crippen LogP contribution is -2.31. The Hall–Kier alpha value is -3.16. The summed E-state index contributed by atoms with van der Waals surface area (Å²) in [6, 6.07) is 7.64. The Morgan fingerprint density at radius 1 is 1.15 bits per heavy atom. The molecule has 4 rings (SSSR count). The number of rotatable bonds is 4. The van der Waals surface area contributed by atoms with Gasteiger partial charge in [-0.2, -0.15) is 4.98 Å². The molecule has 0 radical (unpaired) electrons. The third-order valence-electron chi connectivity index (χ3n) is 4.46. The van der Waals surface area contributed by atoms with Crippen molar-refractivity contribution in [1.29, 1.82) is 0 Å². The Bertz CT molecular complexity index is 1010. The highest BCUT2D eigenvalue weighted by atomic mass is 16.6. The summed E-state index contributed by atoms with van der Waals surface area (Å²) in [5.74, 6) is 1.80. The summed E-state index contributed by atoms with van der Waals surface area (Å²) in [5, 5.41) is 4.34. The molecule has 0 atom stereocenters. The number of ether oxygens (including phenoxy) is 2. The first kappa shape index (κ1) is 17.3. The molecule has 2 aromatic heterocycles. The highest BCUT2D eigenvalue weighted by Crippen LogP contribution is 2.31. The topological polar surface area (TPSA) is 81.9 Å². The Morgan fingerprint density at radius 2 is 1.93 bits per heavy atom. The summed E-state index contributed by atoms with van der Waals surface area (Å²) in [6.45, 7) is 7.80. The van der Waals surface area contributed by atoms with Crippen LogP contribution >= 0.6 is 0 Å². The molecule has 3 heterocycles. The fourth-order valence-electron chi connectivity index (χ4n) is 3.13. The number of fused-ring (bicyclic) bond motifs is 2. The van der Waals surface area contributed by atoms with Crippen LogP contribution in [0.5, 0.6) is 11.5 Å². The maximum Gasteiger partial charge on any atom is 0.293 e. The van der Waals surface area contributed by atoms with Gasteiger partial charge >= 0.3 is 0 Å². The lowest BCUT2D eigenvalue weighted by atomic mass is 10.1. The Labute approximate surface area is 156 Å². The highest BCUT2D eigenvalue weighted by molar-refractivity contribution is 5.90. The van der Waals surface area contributed by atoms with Crippen LogP contribution in [0.25, 0.3) is 5.78 Å². The number of aryl methyl sites for hydroxylation is 2. The minimum absolute atomic E-state index is 0.149. The third kappa shape index (κ3) is 3.30. The molecule has 140 valence electrons. The molecular weight excluding hydrogens is 346 g/mol. The van der Waals surface area contributed by atoms with Crippen molar-refractivity contribution in [3.63, 3.8) is 0 Å². The zero-order valence-electron chi connectivity index (χ0n) is 15.6. The van der Waals surface area contributed by atoms with Gasteiger partial charge in [0.2, 0.25) is 5.82 Å². The van der Waals surface area contributed by atoms with E-state index in [2.05, 4.69) is 15.1 Å². The van der Waals surface area contributed by atoms with Crippen molar-refractivity contribution in [3.05, 3.63) is 47.0 Å². The molecule has 0 saturated heterocycles. The number of carbonyl (C=O) groups is 1. The zero-order valence-corrected chi connectivity index (χ0v) is 15.6. The molecule has 0 aliphatic carbocycles. The largest absolute Gasteiger partial charge is 0.486 e. The molecule has 0 spiro atoms. The van der Waals surface area contributed by atoms with Crippen LogP contribution in [-0.4, -0.2) is 50.1 Å². The fourth-order valence-corrected chi connectivity index (χ4v) is 3.13. The van der Waals surface area contributed by atoms with Gasteiger partial charge in [-0.25, -0.2) is 9.50 Å². The van der Waals surface area contributed by atoms with E-state index in [-0.39, 0.29) is 11.7 Å². The minimum atomic E-state index is -0.227. The first-order valence-electron chi connectivity index (χ1n) is 8.94. The third-order valence-corrected chi connectivity index (χ3v) is 4.46. The molecule has 0 fully saturated rings. The first-order valence-corrected chi connectivity index (χ1v) is 8.94. The Morgan fingerprint density at radius 3 is 2.70 bits per heavy atom. The minimum Gasteiger partial charge on any atom is -0.486 e.